The number of Topliss-reactive ketones (excluding diaryl/α,β-unsaturated/α-hetero) is 1. The van der Waals surface area contributed by atoms with E-state index in [1.165, 1.54) is 37.7 Å². The number of ketones is 2. The molecule has 3 saturated carbocycles. The molecule has 0 N–H and O–H groups in total. The highest BCUT2D eigenvalue weighted by Gasteiger charge is 2.60. The predicted molar refractivity (Wildman–Crippen MR) is 90.8 cm³/mol. The van der Waals surface area contributed by atoms with Gasteiger partial charge in [-0.3, -0.25) is 9.59 Å². The van der Waals surface area contributed by atoms with E-state index >= 15 is 0 Å². The van der Waals surface area contributed by atoms with Gasteiger partial charge < -0.3 is 0 Å². The van der Waals surface area contributed by atoms with Gasteiger partial charge in [0.15, 0.2) is 5.78 Å². The summed E-state index contributed by atoms with van der Waals surface area (Å²) >= 11 is 0. The fraction of sp³-hybridized carbons (Fsp3) is 0.714. The number of carbonyl (C=O) groups excluding carboxylic acids is 2. The van der Waals surface area contributed by atoms with E-state index in [-0.39, 0.29) is 22.5 Å². The maximum absolute atomic E-state index is 12.1. The molecule has 4 aliphatic rings. The van der Waals surface area contributed by atoms with Crippen LogP contribution in [0.4, 0.5) is 0 Å². The molecule has 3 fully saturated rings. The highest BCUT2D eigenvalue weighted by atomic mass is 16.1. The predicted octanol–water partition coefficient (Wildman–Crippen LogP) is 4.50. The Balaban J connectivity index is 1.67. The van der Waals surface area contributed by atoms with E-state index in [1.54, 1.807) is 13.0 Å². The second kappa shape index (κ2) is 4.91. The molecule has 0 radical (unpaired) electrons. The van der Waals surface area contributed by atoms with E-state index in [2.05, 4.69) is 19.9 Å². The molecule has 0 aromatic heterocycles. The van der Waals surface area contributed by atoms with Crippen molar-refractivity contribution in [1.29, 1.82) is 0 Å². The molecular weight excluding hydrogens is 284 g/mol. The van der Waals surface area contributed by atoms with Crippen LogP contribution in [0.25, 0.3) is 0 Å². The van der Waals surface area contributed by atoms with Crippen LogP contribution in [0.1, 0.15) is 59.3 Å². The van der Waals surface area contributed by atoms with E-state index < -0.39 is 0 Å². The summed E-state index contributed by atoms with van der Waals surface area (Å²) in [6.07, 6.45) is 13.1. The molecule has 0 bridgehead atoms. The Morgan fingerprint density at radius 2 is 1.91 bits per heavy atom. The zero-order valence-electron chi connectivity index (χ0n) is 14.6. The van der Waals surface area contributed by atoms with Crippen LogP contribution in [0.5, 0.6) is 0 Å². The van der Waals surface area contributed by atoms with Gasteiger partial charge in [-0.1, -0.05) is 18.6 Å². The monoisotopic (exact) mass is 312 g/mol. The van der Waals surface area contributed by atoms with Gasteiger partial charge in [0.1, 0.15) is 5.78 Å². The SMILES string of the molecule is CC(=O)[C@H]1CC[C@H]2[C@@H]3CC[C@@]4(C=CC(=O)C=C4C)[C@H]3CC[C@]12C. The highest BCUT2D eigenvalue weighted by Crippen LogP contribution is 2.67. The van der Waals surface area contributed by atoms with E-state index in [0.29, 0.717) is 17.6 Å². The van der Waals surface area contributed by atoms with Crippen LogP contribution in [-0.2, 0) is 9.59 Å². The first-order chi connectivity index (χ1) is 10.9. The van der Waals surface area contributed by atoms with Gasteiger partial charge >= 0.3 is 0 Å². The largest absolute Gasteiger partial charge is 0.300 e. The number of hydrogen-bond acceptors (Lipinski definition) is 2. The van der Waals surface area contributed by atoms with Crippen LogP contribution in [0, 0.1) is 34.5 Å². The first-order valence-corrected chi connectivity index (χ1v) is 9.31. The lowest BCUT2D eigenvalue weighted by Gasteiger charge is -2.50. The van der Waals surface area contributed by atoms with Crippen molar-refractivity contribution in [3.05, 3.63) is 23.8 Å². The summed E-state index contributed by atoms with van der Waals surface area (Å²) in [7, 11) is 0. The Labute approximate surface area is 139 Å². The summed E-state index contributed by atoms with van der Waals surface area (Å²) in [5.74, 6) is 2.94. The molecule has 1 spiro atoms. The van der Waals surface area contributed by atoms with Gasteiger partial charge in [0, 0.05) is 11.3 Å². The summed E-state index contributed by atoms with van der Waals surface area (Å²) in [6, 6.07) is 0. The molecule has 0 amide bonds. The summed E-state index contributed by atoms with van der Waals surface area (Å²) in [6.45, 7) is 6.34. The van der Waals surface area contributed by atoms with Crippen molar-refractivity contribution in [2.45, 2.75) is 59.3 Å². The number of carbonyl (C=O) groups is 2. The third kappa shape index (κ3) is 1.93. The van der Waals surface area contributed by atoms with Crippen LogP contribution >= 0.6 is 0 Å². The second-order valence-electron chi connectivity index (χ2n) is 8.80. The molecule has 0 saturated heterocycles. The van der Waals surface area contributed by atoms with Crippen molar-refractivity contribution < 1.29 is 9.59 Å². The van der Waals surface area contributed by atoms with Crippen LogP contribution in [-0.4, -0.2) is 11.6 Å². The fourth-order valence-corrected chi connectivity index (χ4v) is 7.04. The van der Waals surface area contributed by atoms with Crippen molar-refractivity contribution in [2.75, 3.05) is 0 Å². The average Bonchev–Trinajstić information content (AvgIpc) is 3.02. The molecule has 0 unspecified atom stereocenters. The van der Waals surface area contributed by atoms with Gasteiger partial charge in [-0.2, -0.15) is 0 Å². The van der Waals surface area contributed by atoms with E-state index in [0.717, 1.165) is 12.3 Å². The maximum Gasteiger partial charge on any atom is 0.178 e. The van der Waals surface area contributed by atoms with Gasteiger partial charge in [-0.05, 0) is 87.7 Å². The lowest BCUT2D eigenvalue weighted by Crippen LogP contribution is -2.44. The Hall–Kier alpha value is -1.18. The van der Waals surface area contributed by atoms with Crippen LogP contribution in [0.15, 0.2) is 23.8 Å². The van der Waals surface area contributed by atoms with Crippen LogP contribution in [0.3, 0.4) is 0 Å². The number of fused-ring (bicyclic) bond motifs is 4. The zero-order valence-corrected chi connectivity index (χ0v) is 14.6. The van der Waals surface area contributed by atoms with Gasteiger partial charge in [0.25, 0.3) is 0 Å². The minimum atomic E-state index is 0.133. The normalized spacial score (nSPS) is 48.3. The molecule has 4 rings (SSSR count). The molecule has 2 nitrogen and oxygen atoms in total. The number of rotatable bonds is 1. The Bertz CT molecular complexity index is 628. The van der Waals surface area contributed by atoms with Gasteiger partial charge in [0.05, 0.1) is 0 Å². The molecule has 23 heavy (non-hydrogen) atoms. The molecule has 0 heterocycles. The summed E-state index contributed by atoms with van der Waals surface area (Å²) in [4.78, 5) is 23.8. The Morgan fingerprint density at radius 3 is 2.61 bits per heavy atom. The smallest absolute Gasteiger partial charge is 0.178 e. The molecule has 0 aromatic rings. The van der Waals surface area contributed by atoms with Crippen molar-refractivity contribution in [3.8, 4) is 0 Å². The maximum atomic E-state index is 12.1. The topological polar surface area (TPSA) is 34.1 Å². The van der Waals surface area contributed by atoms with E-state index in [9.17, 15) is 9.59 Å². The summed E-state index contributed by atoms with van der Waals surface area (Å²) in [5.41, 5.74) is 1.64. The number of allylic oxidation sites excluding steroid dienone is 4. The molecule has 124 valence electrons. The Kier molecular flexibility index (Phi) is 3.28. The van der Waals surface area contributed by atoms with E-state index in [1.807, 2.05) is 6.08 Å². The zero-order chi connectivity index (χ0) is 16.4. The molecule has 2 heteroatoms. The first kappa shape index (κ1) is 15.4. The second-order valence-corrected chi connectivity index (χ2v) is 8.80. The van der Waals surface area contributed by atoms with Gasteiger partial charge in [-0.25, -0.2) is 0 Å². The molecule has 4 aliphatic carbocycles. The fourth-order valence-electron chi connectivity index (χ4n) is 7.04. The van der Waals surface area contributed by atoms with Crippen molar-refractivity contribution in [1.82, 2.24) is 0 Å². The summed E-state index contributed by atoms with van der Waals surface area (Å²) < 4.78 is 0. The van der Waals surface area contributed by atoms with Crippen molar-refractivity contribution in [3.63, 3.8) is 0 Å². The van der Waals surface area contributed by atoms with Crippen LogP contribution < -0.4 is 0 Å². The molecule has 0 aromatic carbocycles. The lowest BCUT2D eigenvalue weighted by atomic mass is 9.54. The highest BCUT2D eigenvalue weighted by molar-refractivity contribution is 6.01. The van der Waals surface area contributed by atoms with Gasteiger partial charge in [-0.15, -0.1) is 0 Å². The van der Waals surface area contributed by atoms with E-state index in [4.69, 9.17) is 0 Å². The minimum Gasteiger partial charge on any atom is -0.300 e. The Morgan fingerprint density at radius 1 is 1.13 bits per heavy atom. The lowest BCUT2D eigenvalue weighted by molar-refractivity contribution is -0.126. The minimum absolute atomic E-state index is 0.133. The standard InChI is InChI=1S/C21H28O2/c1-13-12-15(23)6-10-21(13)11-7-16-18-5-4-17(14(2)22)20(18,3)9-8-19(16)21/h6,10,12,16-19H,4-5,7-9,11H2,1-3H3/t16-,17+,18-,19-,20+,21+/m0/s1. The summed E-state index contributed by atoms with van der Waals surface area (Å²) in [5, 5.41) is 0. The third-order valence-electron chi connectivity index (χ3n) is 8.12. The number of hydrogen-bond donors (Lipinski definition) is 0. The van der Waals surface area contributed by atoms with Crippen LogP contribution in [0.2, 0.25) is 0 Å². The molecular formula is C21H28O2. The average molecular weight is 312 g/mol. The van der Waals surface area contributed by atoms with Gasteiger partial charge in [0.2, 0.25) is 0 Å². The van der Waals surface area contributed by atoms with Crippen molar-refractivity contribution >= 4 is 11.6 Å². The molecule has 0 aliphatic heterocycles. The first-order valence-electron chi connectivity index (χ1n) is 9.31. The quantitative estimate of drug-likeness (QED) is 0.714. The molecule has 6 atom stereocenters. The third-order valence-corrected chi connectivity index (χ3v) is 8.12. The van der Waals surface area contributed by atoms with Crippen molar-refractivity contribution in [2.24, 2.45) is 34.5 Å².